The van der Waals surface area contributed by atoms with Crippen LogP contribution in [0.1, 0.15) is 37.2 Å². The van der Waals surface area contributed by atoms with Gasteiger partial charge in [-0.25, -0.2) is 4.79 Å². The summed E-state index contributed by atoms with van der Waals surface area (Å²) in [6.45, 7) is 5.05. The molecule has 0 unspecified atom stereocenters. The van der Waals surface area contributed by atoms with Crippen molar-refractivity contribution < 1.29 is 28.6 Å². The summed E-state index contributed by atoms with van der Waals surface area (Å²) in [6.07, 6.45) is 1.79. The third-order valence-corrected chi connectivity index (χ3v) is 9.28. The topological polar surface area (TPSA) is 145 Å². The van der Waals surface area contributed by atoms with E-state index in [1.165, 1.54) is 11.8 Å². The van der Waals surface area contributed by atoms with Crippen LogP contribution in [-0.4, -0.2) is 60.5 Å². The fraction of sp³-hybridized carbons (Fsp3) is 0.324. The number of anilines is 1. The van der Waals surface area contributed by atoms with Crippen LogP contribution in [0.5, 0.6) is 5.75 Å². The maximum absolute atomic E-state index is 14.2. The van der Waals surface area contributed by atoms with Gasteiger partial charge in [0.2, 0.25) is 5.91 Å². The molecule has 258 valence electrons. The Morgan fingerprint density at radius 2 is 1.82 bits per heavy atom. The summed E-state index contributed by atoms with van der Waals surface area (Å²) in [5, 5.41) is 20.7. The second-order valence-electron chi connectivity index (χ2n) is 12.4. The minimum absolute atomic E-state index is 0.128. The third kappa shape index (κ3) is 9.65. The van der Waals surface area contributed by atoms with E-state index in [0.717, 1.165) is 38.6 Å². The van der Waals surface area contributed by atoms with Crippen LogP contribution in [0.2, 0.25) is 0 Å². The average molecular weight is 686 g/mol. The van der Waals surface area contributed by atoms with Crippen LogP contribution in [-0.2, 0) is 29.2 Å². The molecule has 4 aromatic rings. The summed E-state index contributed by atoms with van der Waals surface area (Å²) in [4.78, 5) is 42.1. The number of aliphatic hydroxyl groups excluding tert-OH is 1. The van der Waals surface area contributed by atoms with E-state index in [-0.39, 0.29) is 37.4 Å². The maximum Gasteiger partial charge on any atom is 0.315 e. The van der Waals surface area contributed by atoms with Crippen molar-refractivity contribution in [3.05, 3.63) is 102 Å². The van der Waals surface area contributed by atoms with Crippen LogP contribution in [0.25, 0.3) is 11.1 Å². The first-order chi connectivity index (χ1) is 23.7. The van der Waals surface area contributed by atoms with E-state index in [2.05, 4.69) is 21.3 Å². The van der Waals surface area contributed by atoms with Gasteiger partial charge >= 0.3 is 6.03 Å². The van der Waals surface area contributed by atoms with Crippen molar-refractivity contribution in [2.24, 2.45) is 0 Å². The van der Waals surface area contributed by atoms with Crippen molar-refractivity contribution in [3.8, 4) is 16.9 Å². The van der Waals surface area contributed by atoms with Gasteiger partial charge in [0.15, 0.2) is 0 Å². The molecule has 1 aliphatic heterocycles. The monoisotopic (exact) mass is 685 g/mol. The van der Waals surface area contributed by atoms with Gasteiger partial charge in [0.05, 0.1) is 38.8 Å². The highest BCUT2D eigenvalue weighted by molar-refractivity contribution is 7.99. The first-order valence-corrected chi connectivity index (χ1v) is 17.1. The number of methoxy groups -OCH3 is 1. The number of nitrogens with one attached hydrogen (secondary N) is 4. The van der Waals surface area contributed by atoms with Gasteiger partial charge in [-0.1, -0.05) is 48.5 Å². The van der Waals surface area contributed by atoms with Crippen LogP contribution in [0, 0.1) is 0 Å². The molecule has 12 heteroatoms. The number of amides is 4. The SMILES string of the molecule is COc1ccc2c(c1)SC[C@@H](NC(=O)CC(C)(C)NCc1ccco1)C(=O)N2Cc1ccc(-c2ccccc2CNC(=O)NCCO)cc1. The molecule has 1 aromatic heterocycles. The molecular weight excluding hydrogens is 643 g/mol. The molecule has 0 saturated heterocycles. The van der Waals surface area contributed by atoms with Gasteiger partial charge < -0.3 is 40.4 Å². The van der Waals surface area contributed by atoms with Crippen molar-refractivity contribution in [1.29, 1.82) is 0 Å². The van der Waals surface area contributed by atoms with Crippen LogP contribution in [0.15, 0.2) is 94.4 Å². The summed E-state index contributed by atoms with van der Waals surface area (Å²) >= 11 is 1.51. The van der Waals surface area contributed by atoms with Crippen molar-refractivity contribution in [2.75, 3.05) is 30.9 Å². The molecule has 0 radical (unpaired) electrons. The van der Waals surface area contributed by atoms with Crippen molar-refractivity contribution in [1.82, 2.24) is 21.3 Å². The van der Waals surface area contributed by atoms with Gasteiger partial charge in [-0.2, -0.15) is 0 Å². The number of fused-ring (bicyclic) bond motifs is 1. The zero-order valence-electron chi connectivity index (χ0n) is 28.0. The molecular formula is C37H43N5O6S. The van der Waals surface area contributed by atoms with E-state index in [4.69, 9.17) is 14.3 Å². The molecule has 0 bridgehead atoms. The van der Waals surface area contributed by atoms with Gasteiger partial charge in [0.1, 0.15) is 17.6 Å². The largest absolute Gasteiger partial charge is 0.497 e. The number of ether oxygens (including phenoxy) is 1. The molecule has 5 rings (SSSR count). The van der Waals surface area contributed by atoms with E-state index in [9.17, 15) is 14.4 Å². The molecule has 0 aliphatic carbocycles. The highest BCUT2D eigenvalue weighted by Gasteiger charge is 2.33. The van der Waals surface area contributed by atoms with Crippen LogP contribution >= 0.6 is 11.8 Å². The Morgan fingerprint density at radius 3 is 2.55 bits per heavy atom. The minimum Gasteiger partial charge on any atom is -0.497 e. The lowest BCUT2D eigenvalue weighted by atomic mass is 9.98. The molecule has 0 saturated carbocycles. The first-order valence-electron chi connectivity index (χ1n) is 16.1. The number of furan rings is 1. The molecule has 4 amide bonds. The highest BCUT2D eigenvalue weighted by atomic mass is 32.2. The molecule has 11 nitrogen and oxygen atoms in total. The van der Waals surface area contributed by atoms with E-state index >= 15 is 0 Å². The lowest BCUT2D eigenvalue weighted by Crippen LogP contribution is -2.51. The Labute approximate surface area is 290 Å². The predicted octanol–water partition coefficient (Wildman–Crippen LogP) is 4.83. The number of benzene rings is 3. The molecule has 5 N–H and O–H groups in total. The number of carbonyl (C=O) groups excluding carboxylic acids is 3. The standard InChI is InChI=1S/C37H43N5O6S/c1-37(2,40-22-29-8-6-18-48-29)20-34(44)41-31-24-49-33-19-28(47-3)14-15-32(33)42(35(31)45)23-25-10-12-26(13-11-25)30-9-5-4-7-27(30)21-39-36(46)38-16-17-43/h4-15,18-19,31,40,43H,16-17,20-24H2,1-3H3,(H,41,44)(H2,38,39,46)/t31-/m1/s1. The van der Waals surface area contributed by atoms with Crippen molar-refractivity contribution in [2.45, 2.75) is 56.4 Å². The zero-order valence-corrected chi connectivity index (χ0v) is 28.8. The second kappa shape index (κ2) is 16.6. The quantitative estimate of drug-likeness (QED) is 0.127. The minimum atomic E-state index is -0.731. The number of carbonyl (C=O) groups is 3. The smallest absolute Gasteiger partial charge is 0.315 e. The van der Waals surface area contributed by atoms with Crippen molar-refractivity contribution >= 4 is 35.3 Å². The lowest BCUT2D eigenvalue weighted by molar-refractivity contribution is -0.127. The Kier molecular flexibility index (Phi) is 12.0. The Balaban J connectivity index is 1.31. The predicted molar refractivity (Wildman–Crippen MR) is 190 cm³/mol. The number of hydrogen-bond donors (Lipinski definition) is 5. The average Bonchev–Trinajstić information content (AvgIpc) is 3.60. The van der Waals surface area contributed by atoms with Gasteiger partial charge in [-0.05, 0) is 66.4 Å². The fourth-order valence-corrected chi connectivity index (χ4v) is 6.66. The number of urea groups is 1. The van der Waals surface area contributed by atoms with Gasteiger partial charge in [-0.3, -0.25) is 9.59 Å². The molecule has 49 heavy (non-hydrogen) atoms. The molecule has 1 atom stereocenters. The maximum atomic E-state index is 14.2. The zero-order chi connectivity index (χ0) is 34.8. The Bertz CT molecular complexity index is 1730. The number of hydrogen-bond acceptors (Lipinski definition) is 8. The summed E-state index contributed by atoms with van der Waals surface area (Å²) in [5.41, 5.74) is 4.02. The molecule has 1 aliphatic rings. The van der Waals surface area contributed by atoms with Crippen LogP contribution in [0.3, 0.4) is 0 Å². The van der Waals surface area contributed by atoms with Gasteiger partial charge in [0, 0.05) is 35.7 Å². The number of thioether (sulfide) groups is 1. The second-order valence-corrected chi connectivity index (χ2v) is 13.4. The van der Waals surface area contributed by atoms with E-state index in [1.54, 1.807) is 18.3 Å². The van der Waals surface area contributed by atoms with E-state index < -0.39 is 11.6 Å². The molecule has 0 fully saturated rings. The van der Waals surface area contributed by atoms with Crippen LogP contribution in [0.4, 0.5) is 10.5 Å². The number of aliphatic hydroxyl groups is 1. The summed E-state index contributed by atoms with van der Waals surface area (Å²) < 4.78 is 10.9. The van der Waals surface area contributed by atoms with Crippen molar-refractivity contribution in [3.63, 3.8) is 0 Å². The van der Waals surface area contributed by atoms with E-state index in [1.807, 2.05) is 92.7 Å². The summed E-state index contributed by atoms with van der Waals surface area (Å²) in [5.74, 6) is 1.44. The highest BCUT2D eigenvalue weighted by Crippen LogP contribution is 2.38. The number of rotatable bonds is 14. The molecule has 3 aromatic carbocycles. The Hall–Kier alpha value is -4.78. The lowest BCUT2D eigenvalue weighted by Gasteiger charge is -2.28. The van der Waals surface area contributed by atoms with Crippen LogP contribution < -0.4 is 30.9 Å². The third-order valence-electron chi connectivity index (χ3n) is 8.15. The summed E-state index contributed by atoms with van der Waals surface area (Å²) in [6, 6.07) is 24.1. The molecule has 2 heterocycles. The number of nitrogens with zero attached hydrogens (tertiary/aromatic N) is 1. The Morgan fingerprint density at radius 1 is 1.02 bits per heavy atom. The molecule has 0 spiro atoms. The first kappa shape index (κ1) is 35.5. The van der Waals surface area contributed by atoms with Gasteiger partial charge in [-0.15, -0.1) is 11.8 Å². The van der Waals surface area contributed by atoms with E-state index in [0.29, 0.717) is 31.1 Å². The fourth-order valence-electron chi connectivity index (χ4n) is 5.56. The summed E-state index contributed by atoms with van der Waals surface area (Å²) in [7, 11) is 1.61. The van der Waals surface area contributed by atoms with Gasteiger partial charge in [0.25, 0.3) is 5.91 Å². The normalized spacial score (nSPS) is 14.5.